The van der Waals surface area contributed by atoms with Crippen molar-refractivity contribution in [1.82, 2.24) is 4.90 Å². The van der Waals surface area contributed by atoms with Crippen LogP contribution in [0.15, 0.2) is 72.8 Å². The fourth-order valence-electron chi connectivity index (χ4n) is 3.57. The van der Waals surface area contributed by atoms with Crippen LogP contribution in [0.3, 0.4) is 0 Å². The molecule has 0 aliphatic carbocycles. The number of nitrogens with one attached hydrogen (secondary N) is 1. The number of anilines is 1. The second kappa shape index (κ2) is 8.29. The highest BCUT2D eigenvalue weighted by atomic mass is 16.5. The molecule has 1 N–H and O–H groups in total. The minimum atomic E-state index is -1.31. The van der Waals surface area contributed by atoms with Gasteiger partial charge in [-0.05, 0) is 30.7 Å². The lowest BCUT2D eigenvalue weighted by molar-refractivity contribution is -0.307. The molecule has 0 radical (unpaired) electrons. The number of carbonyl (C=O) groups is 2. The van der Waals surface area contributed by atoms with Gasteiger partial charge in [-0.1, -0.05) is 60.2 Å². The highest BCUT2D eigenvalue weighted by Crippen LogP contribution is 2.37. The summed E-state index contributed by atoms with van der Waals surface area (Å²) in [6.07, 6.45) is -0.522. The van der Waals surface area contributed by atoms with Gasteiger partial charge in [0.2, 0.25) is 0 Å². The zero-order chi connectivity index (χ0) is 21.1. The van der Waals surface area contributed by atoms with Gasteiger partial charge in [0.25, 0.3) is 5.91 Å². The summed E-state index contributed by atoms with van der Waals surface area (Å²) in [7, 11) is 0. The molecule has 0 saturated heterocycles. The molecule has 0 fully saturated rings. The molecule has 0 aromatic heterocycles. The van der Waals surface area contributed by atoms with Crippen molar-refractivity contribution in [3.8, 4) is 5.75 Å². The summed E-state index contributed by atoms with van der Waals surface area (Å²) < 4.78 is 5.45. The van der Waals surface area contributed by atoms with Gasteiger partial charge in [-0.25, -0.2) is 0 Å². The molecule has 0 saturated carbocycles. The van der Waals surface area contributed by atoms with Crippen LogP contribution < -0.4 is 15.2 Å². The third-order valence-electron chi connectivity index (χ3n) is 5.05. The SMILES string of the molecule is Cc1ccc(CN2C(=O)c3ccccc3N[C@@H]2c2ccccc2OCC(=O)[O-])cc1. The van der Waals surface area contributed by atoms with Crippen LogP contribution in [0.5, 0.6) is 5.75 Å². The summed E-state index contributed by atoms with van der Waals surface area (Å²) in [4.78, 5) is 26.0. The van der Waals surface area contributed by atoms with Gasteiger partial charge >= 0.3 is 0 Å². The Labute approximate surface area is 174 Å². The summed E-state index contributed by atoms with van der Waals surface area (Å²) in [6, 6.07) is 22.5. The number of hydrogen-bond acceptors (Lipinski definition) is 5. The van der Waals surface area contributed by atoms with Gasteiger partial charge in [-0.15, -0.1) is 0 Å². The summed E-state index contributed by atoms with van der Waals surface area (Å²) in [5, 5.41) is 14.3. The fraction of sp³-hybridized carbons (Fsp3) is 0.167. The van der Waals surface area contributed by atoms with Gasteiger partial charge in [-0.2, -0.15) is 0 Å². The first-order chi connectivity index (χ1) is 14.5. The van der Waals surface area contributed by atoms with Crippen molar-refractivity contribution < 1.29 is 19.4 Å². The number of aliphatic carboxylic acids is 1. The van der Waals surface area contributed by atoms with Gasteiger partial charge in [0.1, 0.15) is 18.5 Å². The number of hydrogen-bond donors (Lipinski definition) is 1. The van der Waals surface area contributed by atoms with E-state index in [1.165, 1.54) is 0 Å². The van der Waals surface area contributed by atoms with Gasteiger partial charge in [0, 0.05) is 17.8 Å². The van der Waals surface area contributed by atoms with Crippen LogP contribution in [0.25, 0.3) is 0 Å². The number of carboxylic acid groups (broad SMARTS) is 1. The van der Waals surface area contributed by atoms with Crippen LogP contribution in [0.1, 0.15) is 33.2 Å². The molecule has 0 unspecified atom stereocenters. The van der Waals surface area contributed by atoms with E-state index in [2.05, 4.69) is 5.32 Å². The Kier molecular flexibility index (Phi) is 5.39. The van der Waals surface area contributed by atoms with E-state index in [1.54, 1.807) is 23.1 Å². The van der Waals surface area contributed by atoms with E-state index >= 15 is 0 Å². The lowest BCUT2D eigenvalue weighted by Crippen LogP contribution is -2.42. The highest BCUT2D eigenvalue weighted by Gasteiger charge is 2.34. The van der Waals surface area contributed by atoms with Crippen molar-refractivity contribution in [2.24, 2.45) is 0 Å². The molecule has 1 heterocycles. The van der Waals surface area contributed by atoms with Crippen molar-refractivity contribution in [2.45, 2.75) is 19.6 Å². The Bertz CT molecular complexity index is 1080. The molecule has 30 heavy (non-hydrogen) atoms. The maximum Gasteiger partial charge on any atom is 0.258 e. The van der Waals surface area contributed by atoms with E-state index in [0.29, 0.717) is 23.4 Å². The smallest absolute Gasteiger partial charge is 0.258 e. The minimum Gasteiger partial charge on any atom is -0.546 e. The lowest BCUT2D eigenvalue weighted by atomic mass is 10.0. The Balaban J connectivity index is 1.74. The van der Waals surface area contributed by atoms with Crippen LogP contribution in [0.4, 0.5) is 5.69 Å². The summed E-state index contributed by atoms with van der Waals surface area (Å²) in [5.74, 6) is -1.02. The van der Waals surface area contributed by atoms with Crippen LogP contribution in [0.2, 0.25) is 0 Å². The average molecular weight is 401 g/mol. The quantitative estimate of drug-likeness (QED) is 0.687. The molecular weight excluding hydrogens is 380 g/mol. The first-order valence-electron chi connectivity index (χ1n) is 9.66. The molecule has 152 valence electrons. The first kappa shape index (κ1) is 19.5. The maximum absolute atomic E-state index is 13.4. The van der Waals surface area contributed by atoms with Gasteiger partial charge < -0.3 is 24.9 Å². The molecule has 6 nitrogen and oxygen atoms in total. The number of rotatable bonds is 6. The molecule has 3 aromatic carbocycles. The Morgan fingerprint density at radius 3 is 2.50 bits per heavy atom. The number of amides is 1. The van der Waals surface area contributed by atoms with Crippen molar-refractivity contribution in [1.29, 1.82) is 0 Å². The van der Waals surface area contributed by atoms with E-state index < -0.39 is 18.7 Å². The average Bonchev–Trinajstić information content (AvgIpc) is 2.76. The molecule has 3 aromatic rings. The first-order valence-corrected chi connectivity index (χ1v) is 9.66. The largest absolute Gasteiger partial charge is 0.546 e. The number of carbonyl (C=O) groups excluding carboxylic acids is 2. The summed E-state index contributed by atoms with van der Waals surface area (Å²) >= 11 is 0. The number of ether oxygens (including phenoxy) is 1. The third kappa shape index (κ3) is 3.98. The van der Waals surface area contributed by atoms with Crippen LogP contribution in [0, 0.1) is 6.92 Å². The maximum atomic E-state index is 13.4. The molecule has 1 aliphatic heterocycles. The number of nitrogens with zero attached hydrogens (tertiary/aromatic N) is 1. The highest BCUT2D eigenvalue weighted by molar-refractivity contribution is 6.01. The Morgan fingerprint density at radius 2 is 1.73 bits per heavy atom. The van der Waals surface area contributed by atoms with E-state index in [1.807, 2.05) is 61.5 Å². The van der Waals surface area contributed by atoms with Gasteiger partial charge in [-0.3, -0.25) is 4.79 Å². The normalized spacial score (nSPS) is 15.3. The van der Waals surface area contributed by atoms with E-state index in [4.69, 9.17) is 4.74 Å². The zero-order valence-electron chi connectivity index (χ0n) is 16.5. The third-order valence-corrected chi connectivity index (χ3v) is 5.05. The number of para-hydroxylation sites is 2. The van der Waals surface area contributed by atoms with Crippen LogP contribution >= 0.6 is 0 Å². The number of fused-ring (bicyclic) bond motifs is 1. The second-order valence-corrected chi connectivity index (χ2v) is 7.21. The second-order valence-electron chi connectivity index (χ2n) is 7.21. The van der Waals surface area contributed by atoms with Crippen molar-refractivity contribution in [3.05, 3.63) is 95.1 Å². The van der Waals surface area contributed by atoms with E-state index in [-0.39, 0.29) is 5.91 Å². The van der Waals surface area contributed by atoms with E-state index in [0.717, 1.165) is 16.8 Å². The van der Waals surface area contributed by atoms with Gasteiger partial charge in [0.15, 0.2) is 0 Å². The van der Waals surface area contributed by atoms with E-state index in [9.17, 15) is 14.7 Å². The Hall–Kier alpha value is -3.80. The van der Waals surface area contributed by atoms with Gasteiger partial charge in [0.05, 0.1) is 11.5 Å². The molecule has 1 atom stereocenters. The predicted octanol–water partition coefficient (Wildman–Crippen LogP) is 2.89. The summed E-state index contributed by atoms with van der Waals surface area (Å²) in [6.45, 7) is 1.84. The monoisotopic (exact) mass is 401 g/mol. The van der Waals surface area contributed by atoms with Crippen molar-refractivity contribution in [3.63, 3.8) is 0 Å². The molecule has 0 spiro atoms. The van der Waals surface area contributed by atoms with Crippen molar-refractivity contribution in [2.75, 3.05) is 11.9 Å². The standard InChI is InChI=1S/C24H22N2O4/c1-16-10-12-17(13-11-16)14-26-23(25-20-8-4-2-6-18(20)24(26)29)19-7-3-5-9-21(19)30-15-22(27)28/h2-13,23,25H,14-15H2,1H3,(H,27,28)/p-1/t23-/m0/s1. The van der Waals surface area contributed by atoms with Crippen molar-refractivity contribution >= 4 is 17.6 Å². The molecule has 6 heteroatoms. The molecule has 4 rings (SSSR count). The fourth-order valence-corrected chi connectivity index (χ4v) is 3.57. The zero-order valence-corrected chi connectivity index (χ0v) is 16.5. The number of aryl methyl sites for hydroxylation is 1. The molecular formula is C24H21N2O4-. The molecule has 1 amide bonds. The molecule has 1 aliphatic rings. The van der Waals surface area contributed by atoms with Crippen LogP contribution in [-0.2, 0) is 11.3 Å². The van der Waals surface area contributed by atoms with Crippen LogP contribution in [-0.4, -0.2) is 23.4 Å². The number of carboxylic acids is 1. The Morgan fingerprint density at radius 1 is 1.03 bits per heavy atom. The number of benzene rings is 3. The predicted molar refractivity (Wildman–Crippen MR) is 111 cm³/mol. The summed E-state index contributed by atoms with van der Waals surface area (Å²) in [5.41, 5.74) is 4.13. The lowest BCUT2D eigenvalue weighted by Gasteiger charge is -2.38. The topological polar surface area (TPSA) is 81.7 Å². The minimum absolute atomic E-state index is 0.107. The molecule has 0 bridgehead atoms.